The lowest BCUT2D eigenvalue weighted by molar-refractivity contribution is -0.137. The van der Waals surface area contributed by atoms with Crippen LogP contribution in [0.25, 0.3) is 22.4 Å². The van der Waals surface area contributed by atoms with Crippen LogP contribution in [-0.2, 0) is 35.7 Å². The van der Waals surface area contributed by atoms with Gasteiger partial charge >= 0.3 is 6.18 Å². The Hall–Kier alpha value is -5.22. The lowest BCUT2D eigenvalue weighted by Crippen LogP contribution is -2.50. The summed E-state index contributed by atoms with van der Waals surface area (Å²) in [5.41, 5.74) is 3.80. The van der Waals surface area contributed by atoms with Gasteiger partial charge in [0, 0.05) is 40.3 Å². The zero-order chi connectivity index (χ0) is 37.2. The van der Waals surface area contributed by atoms with Crippen molar-refractivity contribution in [2.24, 2.45) is 7.05 Å². The van der Waals surface area contributed by atoms with Crippen molar-refractivity contribution in [1.29, 1.82) is 0 Å². The topological polar surface area (TPSA) is 132 Å². The van der Waals surface area contributed by atoms with Gasteiger partial charge in [-0.2, -0.15) is 22.7 Å². The number of aryl methyl sites for hydroxylation is 1. The van der Waals surface area contributed by atoms with E-state index in [1.807, 2.05) is 41.6 Å². The summed E-state index contributed by atoms with van der Waals surface area (Å²) in [6.45, 7) is 4.92. The van der Waals surface area contributed by atoms with Gasteiger partial charge in [-0.3, -0.25) is 9.59 Å². The van der Waals surface area contributed by atoms with Gasteiger partial charge in [-0.15, -0.1) is 5.10 Å². The average Bonchev–Trinajstić information content (AvgIpc) is 3.77. The molecule has 17 heteroatoms. The van der Waals surface area contributed by atoms with E-state index in [1.54, 1.807) is 28.9 Å². The molecule has 1 saturated heterocycles. The number of rotatable bonds is 7. The molecule has 0 bridgehead atoms. The Bertz CT molecular complexity index is 2220. The van der Waals surface area contributed by atoms with Crippen LogP contribution in [-0.4, -0.2) is 92.2 Å². The molecule has 274 valence electrons. The van der Waals surface area contributed by atoms with Crippen molar-refractivity contribution in [3.63, 3.8) is 0 Å². The number of piperazine rings is 1. The lowest BCUT2D eigenvalue weighted by Gasteiger charge is -2.36. The molecule has 0 spiro atoms. The number of nitrogens with one attached hydrogen (secondary N) is 1. The number of alkyl halides is 3. The molecule has 0 atom stereocenters. The SMILES string of the molecule is CCc1c(N2CCN(C(=O)c3cccc4c3ncn4C)CC2)c(=O)n2nc(C3=CCOCC3)nc2n1CC=O.CNc1ccc(C(F)(F)F)cc1Cl. The Morgan fingerprint density at radius 3 is 2.54 bits per heavy atom. The van der Waals surface area contributed by atoms with Crippen LogP contribution in [0.1, 0.15) is 40.8 Å². The van der Waals surface area contributed by atoms with E-state index in [0.29, 0.717) is 86.3 Å². The van der Waals surface area contributed by atoms with Gasteiger partial charge in [0.25, 0.3) is 11.5 Å². The van der Waals surface area contributed by atoms with E-state index in [9.17, 15) is 27.6 Å². The first-order valence-electron chi connectivity index (χ1n) is 16.7. The molecule has 0 aliphatic carbocycles. The van der Waals surface area contributed by atoms with E-state index < -0.39 is 11.7 Å². The van der Waals surface area contributed by atoms with Gasteiger partial charge in [0.15, 0.2) is 5.82 Å². The number of benzene rings is 2. The highest BCUT2D eigenvalue weighted by Crippen LogP contribution is 2.33. The maximum absolute atomic E-state index is 13.8. The minimum absolute atomic E-state index is 0.0623. The Morgan fingerprint density at radius 1 is 1.13 bits per heavy atom. The van der Waals surface area contributed by atoms with E-state index in [-0.39, 0.29) is 23.0 Å². The van der Waals surface area contributed by atoms with Crippen molar-refractivity contribution < 1.29 is 27.5 Å². The monoisotopic (exact) mass is 739 g/mol. The van der Waals surface area contributed by atoms with Crippen LogP contribution in [0.2, 0.25) is 5.02 Å². The average molecular weight is 740 g/mol. The standard InChI is InChI=1S/C27H30N8O4.C8H7ClF3N/c1-3-20-23(26(38)35-27(34(20)13-14-36)29-24(30-35)18-7-15-39-16-8-18)32-9-11-33(12-10-32)25(37)19-5-4-6-21-22(19)28-17-31(21)2;1-13-7-3-2-5(4-6(7)9)8(10,11)12/h4-7,14,17H,3,8-13,15-16H2,1-2H3;2-4,13H,1H3. The molecule has 2 aliphatic rings. The second-order valence-corrected chi connectivity index (χ2v) is 12.6. The summed E-state index contributed by atoms with van der Waals surface area (Å²) in [6, 6.07) is 8.80. The first-order chi connectivity index (χ1) is 25.0. The zero-order valence-electron chi connectivity index (χ0n) is 28.8. The molecular formula is C35H37ClF3N9O4. The predicted molar refractivity (Wildman–Crippen MR) is 191 cm³/mol. The third-order valence-electron chi connectivity index (χ3n) is 9.10. The minimum Gasteiger partial charge on any atom is -0.387 e. The number of fused-ring (bicyclic) bond motifs is 2. The Labute approximate surface area is 301 Å². The van der Waals surface area contributed by atoms with Crippen molar-refractivity contribution >= 4 is 57.6 Å². The van der Waals surface area contributed by atoms with Crippen LogP contribution >= 0.6 is 11.6 Å². The first-order valence-corrected chi connectivity index (χ1v) is 17.1. The predicted octanol–water partition coefficient (Wildman–Crippen LogP) is 4.71. The van der Waals surface area contributed by atoms with Crippen LogP contribution < -0.4 is 15.8 Å². The number of halogens is 4. The molecule has 1 amide bonds. The van der Waals surface area contributed by atoms with Gasteiger partial charge in [0.1, 0.15) is 17.5 Å². The number of aldehydes is 1. The molecule has 52 heavy (non-hydrogen) atoms. The Morgan fingerprint density at radius 2 is 1.90 bits per heavy atom. The van der Waals surface area contributed by atoms with E-state index in [2.05, 4.69) is 20.4 Å². The Balaban J connectivity index is 0.000000303. The minimum atomic E-state index is -4.34. The molecule has 0 radical (unpaired) electrons. The van der Waals surface area contributed by atoms with Gasteiger partial charge in [-0.1, -0.05) is 30.7 Å². The van der Waals surface area contributed by atoms with E-state index in [0.717, 1.165) is 35.2 Å². The molecule has 3 aromatic heterocycles. The molecule has 1 N–H and O–H groups in total. The van der Waals surface area contributed by atoms with Crippen molar-refractivity contribution in [2.75, 3.05) is 56.7 Å². The highest BCUT2D eigenvalue weighted by molar-refractivity contribution is 6.33. The number of nitrogens with zero attached hydrogens (tertiary/aromatic N) is 8. The van der Waals surface area contributed by atoms with E-state index >= 15 is 0 Å². The maximum Gasteiger partial charge on any atom is 0.416 e. The van der Waals surface area contributed by atoms with Crippen molar-refractivity contribution in [1.82, 2.24) is 33.6 Å². The fourth-order valence-corrected chi connectivity index (χ4v) is 6.70. The summed E-state index contributed by atoms with van der Waals surface area (Å²) in [4.78, 5) is 51.8. The lowest BCUT2D eigenvalue weighted by atomic mass is 10.1. The van der Waals surface area contributed by atoms with Gasteiger partial charge in [0.2, 0.25) is 5.78 Å². The molecule has 5 aromatic rings. The number of amides is 1. The number of carbonyl (C=O) groups excluding carboxylic acids is 2. The highest BCUT2D eigenvalue weighted by Gasteiger charge is 2.31. The molecule has 7 rings (SSSR count). The molecule has 2 aromatic carbocycles. The van der Waals surface area contributed by atoms with Crippen LogP contribution in [0, 0.1) is 0 Å². The smallest absolute Gasteiger partial charge is 0.387 e. The zero-order valence-corrected chi connectivity index (χ0v) is 29.5. The number of ether oxygens (including phenoxy) is 1. The molecule has 13 nitrogen and oxygen atoms in total. The fourth-order valence-electron chi connectivity index (χ4n) is 6.42. The van der Waals surface area contributed by atoms with Crippen molar-refractivity contribution in [2.45, 2.75) is 32.5 Å². The highest BCUT2D eigenvalue weighted by atomic mass is 35.5. The fraction of sp³-hybridized carbons (Fsp3) is 0.371. The molecule has 2 aliphatic heterocycles. The van der Waals surface area contributed by atoms with Gasteiger partial charge < -0.3 is 33.8 Å². The summed E-state index contributed by atoms with van der Waals surface area (Å²) in [5.74, 6) is 0.759. The summed E-state index contributed by atoms with van der Waals surface area (Å²) < 4.78 is 46.8. The van der Waals surface area contributed by atoms with Gasteiger partial charge in [-0.05, 0) is 48.7 Å². The molecular weight excluding hydrogens is 703 g/mol. The summed E-state index contributed by atoms with van der Waals surface area (Å²) in [5, 5.41) is 7.30. The van der Waals surface area contributed by atoms with Crippen molar-refractivity contribution in [3.8, 4) is 0 Å². The van der Waals surface area contributed by atoms with Crippen LogP contribution in [0.5, 0.6) is 0 Å². The van der Waals surface area contributed by atoms with Crippen LogP contribution in [0.4, 0.5) is 24.5 Å². The van der Waals surface area contributed by atoms with Gasteiger partial charge in [0.05, 0.1) is 59.1 Å². The van der Waals surface area contributed by atoms with Crippen LogP contribution in [0.15, 0.2) is 53.6 Å². The van der Waals surface area contributed by atoms with Crippen LogP contribution in [0.3, 0.4) is 0 Å². The van der Waals surface area contributed by atoms with E-state index in [4.69, 9.17) is 16.3 Å². The maximum atomic E-state index is 13.8. The van der Waals surface area contributed by atoms with E-state index in [1.165, 1.54) is 10.6 Å². The number of hydrogen-bond acceptors (Lipinski definition) is 9. The normalized spacial score (nSPS) is 15.0. The molecule has 5 heterocycles. The quantitative estimate of drug-likeness (QED) is 0.236. The third kappa shape index (κ3) is 7.12. The number of aromatic nitrogens is 6. The first kappa shape index (κ1) is 36.6. The molecule has 0 unspecified atom stereocenters. The molecule has 1 fully saturated rings. The summed E-state index contributed by atoms with van der Waals surface area (Å²) in [7, 11) is 3.50. The third-order valence-corrected chi connectivity index (χ3v) is 9.41. The Kier molecular flexibility index (Phi) is 10.7. The summed E-state index contributed by atoms with van der Waals surface area (Å²) >= 11 is 5.57. The number of hydrogen-bond donors (Lipinski definition) is 1. The summed E-state index contributed by atoms with van der Waals surface area (Å²) in [6.07, 6.45) is 1.31. The largest absolute Gasteiger partial charge is 0.416 e. The number of carbonyl (C=O) groups is 2. The molecule has 0 saturated carbocycles. The number of anilines is 2. The number of para-hydroxylation sites is 1. The second-order valence-electron chi connectivity index (χ2n) is 12.2. The van der Waals surface area contributed by atoms with Gasteiger partial charge in [-0.25, -0.2) is 4.98 Å². The number of imidazole rings is 1. The second kappa shape index (κ2) is 15.2. The van der Waals surface area contributed by atoms with Crippen molar-refractivity contribution in [3.05, 3.63) is 86.8 Å².